The van der Waals surface area contributed by atoms with E-state index in [1.807, 2.05) is 60.7 Å². The number of furan rings is 1. The van der Waals surface area contributed by atoms with Crippen molar-refractivity contribution in [1.29, 1.82) is 0 Å². The van der Waals surface area contributed by atoms with Gasteiger partial charge in [0.25, 0.3) is 0 Å². The Morgan fingerprint density at radius 2 is 0.982 bits per heavy atom. The third kappa shape index (κ3) is 5.19. The molecule has 0 saturated carbocycles. The Kier molecular flexibility index (Phi) is 7.70. The molecule has 0 aliphatic heterocycles. The lowest BCUT2D eigenvalue weighted by Crippen LogP contribution is -2.55. The summed E-state index contributed by atoms with van der Waals surface area (Å²) in [5.41, 5.74) is 17.0. The minimum absolute atomic E-state index is 0.595. The van der Waals surface area contributed by atoms with Crippen molar-refractivity contribution in [2.24, 2.45) is 0 Å². The van der Waals surface area contributed by atoms with Crippen LogP contribution in [0.5, 0.6) is 0 Å². The highest BCUT2D eigenvalue weighted by Crippen LogP contribution is 2.41. The Morgan fingerprint density at radius 1 is 0.436 bits per heavy atom. The summed E-state index contributed by atoms with van der Waals surface area (Å²) in [5.74, 6) is 1.85. The molecular weight excluding hydrogens is 667 g/mol. The van der Waals surface area contributed by atoms with Crippen LogP contribution in [0.4, 0.5) is 0 Å². The van der Waals surface area contributed by atoms with Crippen molar-refractivity contribution in [2.75, 3.05) is 0 Å². The molecule has 5 nitrogen and oxygen atoms in total. The van der Waals surface area contributed by atoms with E-state index in [-0.39, 0.29) is 0 Å². The third-order valence-corrected chi connectivity index (χ3v) is 11.6. The molecular formula is C45H33B5N4O. The predicted molar refractivity (Wildman–Crippen MR) is 244 cm³/mol. The lowest BCUT2D eigenvalue weighted by atomic mass is 9.59. The Labute approximate surface area is 323 Å². The van der Waals surface area contributed by atoms with Crippen LogP contribution in [0.1, 0.15) is 0 Å². The first-order chi connectivity index (χ1) is 26.9. The van der Waals surface area contributed by atoms with Crippen molar-refractivity contribution in [3.63, 3.8) is 0 Å². The molecule has 7 aromatic carbocycles. The number of aromatic nitrogens is 4. The second-order valence-corrected chi connectivity index (χ2v) is 14.6. The molecule has 10 rings (SSSR count). The van der Waals surface area contributed by atoms with Crippen LogP contribution in [-0.4, -0.2) is 58.8 Å². The van der Waals surface area contributed by atoms with Crippen molar-refractivity contribution < 1.29 is 4.42 Å². The number of hydrogen-bond acceptors (Lipinski definition) is 4. The molecule has 0 spiro atoms. The summed E-state index contributed by atoms with van der Waals surface area (Å²) in [5, 5.41) is 4.57. The van der Waals surface area contributed by atoms with Crippen LogP contribution in [0.2, 0.25) is 0 Å². The third-order valence-electron chi connectivity index (χ3n) is 11.6. The van der Waals surface area contributed by atoms with E-state index in [1.165, 1.54) is 49.2 Å². The maximum Gasteiger partial charge on any atom is 0.164 e. The van der Waals surface area contributed by atoms with Crippen LogP contribution in [0.25, 0.3) is 94.7 Å². The van der Waals surface area contributed by atoms with E-state index in [2.05, 4.69) is 123 Å². The number of rotatable bonds is 5. The molecule has 3 heterocycles. The van der Waals surface area contributed by atoms with Crippen molar-refractivity contribution in [3.05, 3.63) is 140 Å². The summed E-state index contributed by atoms with van der Waals surface area (Å²) in [6, 6.07) is 48.3. The molecule has 0 saturated heterocycles. The Morgan fingerprint density at radius 3 is 1.65 bits per heavy atom. The normalized spacial score (nSPS) is 11.6. The molecule has 0 aliphatic carbocycles. The lowest BCUT2D eigenvalue weighted by Gasteiger charge is -2.21. The minimum atomic E-state index is 0.595. The zero-order valence-electron chi connectivity index (χ0n) is 31.5. The van der Waals surface area contributed by atoms with E-state index in [4.69, 9.17) is 19.4 Å². The summed E-state index contributed by atoms with van der Waals surface area (Å²) in [7, 11) is 11.3. The number of hydrogen-bond donors (Lipinski definition) is 0. The first kappa shape index (κ1) is 33.1. The van der Waals surface area contributed by atoms with Gasteiger partial charge in [-0.2, -0.15) is 0 Å². The van der Waals surface area contributed by atoms with E-state index in [1.54, 1.807) is 0 Å². The van der Waals surface area contributed by atoms with Gasteiger partial charge in [0, 0.05) is 38.2 Å². The molecule has 55 heavy (non-hydrogen) atoms. The zero-order chi connectivity index (χ0) is 37.4. The van der Waals surface area contributed by atoms with Gasteiger partial charge >= 0.3 is 0 Å². The molecule has 0 radical (unpaired) electrons. The fourth-order valence-corrected chi connectivity index (χ4v) is 8.43. The van der Waals surface area contributed by atoms with Crippen LogP contribution in [0.3, 0.4) is 0 Å². The lowest BCUT2D eigenvalue weighted by molar-refractivity contribution is 0.666. The molecule has 0 bridgehead atoms. The zero-order valence-corrected chi connectivity index (χ0v) is 31.5. The first-order valence-electron chi connectivity index (χ1n) is 18.8. The van der Waals surface area contributed by atoms with Gasteiger partial charge in [0.2, 0.25) is 0 Å². The summed E-state index contributed by atoms with van der Waals surface area (Å²) in [6.07, 6.45) is 0. The molecule has 0 atom stereocenters. The molecule has 0 amide bonds. The highest BCUT2D eigenvalue weighted by atomic mass is 16.3. The van der Waals surface area contributed by atoms with E-state index < -0.39 is 0 Å². The Bertz CT molecular complexity index is 3070. The van der Waals surface area contributed by atoms with Crippen molar-refractivity contribution in [1.82, 2.24) is 19.5 Å². The summed E-state index contributed by atoms with van der Waals surface area (Å²) in [4.78, 5) is 14.8. The molecule has 0 unspecified atom stereocenters. The topological polar surface area (TPSA) is 56.7 Å². The van der Waals surface area contributed by atoms with E-state index >= 15 is 0 Å². The molecule has 10 aromatic rings. The fourth-order valence-electron chi connectivity index (χ4n) is 8.43. The van der Waals surface area contributed by atoms with Gasteiger partial charge in [-0.1, -0.05) is 120 Å². The summed E-state index contributed by atoms with van der Waals surface area (Å²) < 4.78 is 9.28. The average Bonchev–Trinajstić information content (AvgIpc) is 3.79. The monoisotopic (exact) mass is 700 g/mol. The smallest absolute Gasteiger partial charge is 0.164 e. The standard InChI is InChI=1S/C45H33B5N4O/c46-37-36(38(47)40(49)41(50)39(37)48)30-17-10-19-32-35(30)29-15-7-8-18-31(29)54(32)33-20-9-16-28-27-22-21-26(23-34(27)55-42(28)33)45-52-43(24-11-3-1-4-12-24)51-44(53-45)25-13-5-2-6-14-25/h1-23H,46-50H2. The van der Waals surface area contributed by atoms with E-state index in [0.29, 0.717) is 17.5 Å². The second-order valence-electron chi connectivity index (χ2n) is 14.6. The molecule has 0 aliphatic rings. The van der Waals surface area contributed by atoms with Gasteiger partial charge in [0.05, 0.1) is 16.7 Å². The van der Waals surface area contributed by atoms with Gasteiger partial charge < -0.3 is 8.98 Å². The maximum absolute atomic E-state index is 6.90. The molecule has 254 valence electrons. The number of para-hydroxylation sites is 2. The highest BCUT2D eigenvalue weighted by Gasteiger charge is 2.22. The highest BCUT2D eigenvalue weighted by molar-refractivity contribution is 6.69. The summed E-state index contributed by atoms with van der Waals surface area (Å²) in [6.45, 7) is 0. The van der Waals surface area contributed by atoms with Crippen LogP contribution < -0.4 is 27.3 Å². The van der Waals surface area contributed by atoms with Gasteiger partial charge in [-0.15, -0.1) is 16.4 Å². The largest absolute Gasteiger partial charge is 0.454 e. The van der Waals surface area contributed by atoms with Gasteiger partial charge in [-0.05, 0) is 41.5 Å². The molecule has 3 aromatic heterocycles. The molecule has 0 fully saturated rings. The SMILES string of the molecule is Bc1c(B)c(B)c(-c2cccc3c2c2ccccc2n3-c2cccc3c2oc2cc(-c4nc(-c5ccccc5)nc(-c5ccccc5)n4)ccc23)c(B)c1B. The van der Waals surface area contributed by atoms with Crippen LogP contribution in [0, 0.1) is 0 Å². The minimum Gasteiger partial charge on any atom is -0.454 e. The average molecular weight is 700 g/mol. The number of nitrogens with zero attached hydrogens (tertiary/aromatic N) is 4. The number of benzene rings is 7. The fraction of sp³-hybridized carbons (Fsp3) is 0. The Hall–Kier alpha value is -6.53. The van der Waals surface area contributed by atoms with Gasteiger partial charge in [-0.25, -0.2) is 15.0 Å². The Balaban J connectivity index is 1.18. The van der Waals surface area contributed by atoms with Crippen molar-refractivity contribution in [3.8, 4) is 51.0 Å². The summed E-state index contributed by atoms with van der Waals surface area (Å²) >= 11 is 0. The molecule has 10 heteroatoms. The predicted octanol–water partition coefficient (Wildman–Crippen LogP) is 2.83. The quantitative estimate of drug-likeness (QED) is 0.260. The molecule has 0 N–H and O–H groups in total. The maximum atomic E-state index is 6.90. The van der Waals surface area contributed by atoms with Crippen LogP contribution in [-0.2, 0) is 0 Å². The van der Waals surface area contributed by atoms with Gasteiger partial charge in [-0.3, -0.25) is 0 Å². The first-order valence-corrected chi connectivity index (χ1v) is 18.8. The van der Waals surface area contributed by atoms with Gasteiger partial charge in [0.1, 0.15) is 44.8 Å². The van der Waals surface area contributed by atoms with E-state index in [0.717, 1.165) is 55.3 Å². The van der Waals surface area contributed by atoms with Gasteiger partial charge in [0.15, 0.2) is 23.1 Å². The second kappa shape index (κ2) is 12.8. The van der Waals surface area contributed by atoms with Crippen molar-refractivity contribution >= 4 is 110 Å². The van der Waals surface area contributed by atoms with Crippen molar-refractivity contribution in [2.45, 2.75) is 0 Å². The number of fused-ring (bicyclic) bond motifs is 6. The van der Waals surface area contributed by atoms with Crippen LogP contribution in [0.15, 0.2) is 144 Å². The van der Waals surface area contributed by atoms with E-state index in [9.17, 15) is 0 Å². The van der Waals surface area contributed by atoms with Crippen LogP contribution >= 0.6 is 0 Å².